The fourth-order valence-corrected chi connectivity index (χ4v) is 4.52. The summed E-state index contributed by atoms with van der Waals surface area (Å²) >= 11 is 0. The number of nitro groups is 1. The molecule has 0 aliphatic carbocycles. The highest BCUT2D eigenvalue weighted by Crippen LogP contribution is 2.33. The molecular weight excluding hydrogens is 434 g/mol. The molecule has 1 aliphatic rings. The van der Waals surface area contributed by atoms with E-state index in [2.05, 4.69) is 20.0 Å². The molecule has 2 aromatic carbocycles. The number of nitro benzene ring substituents is 1. The summed E-state index contributed by atoms with van der Waals surface area (Å²) in [5.41, 5.74) is 3.00. The molecule has 1 fully saturated rings. The number of aromatic nitrogens is 4. The van der Waals surface area contributed by atoms with Crippen molar-refractivity contribution in [3.8, 4) is 11.4 Å². The normalized spacial score (nSPS) is 14.8. The molecule has 10 nitrogen and oxygen atoms in total. The van der Waals surface area contributed by atoms with Gasteiger partial charge in [-0.1, -0.05) is 24.3 Å². The van der Waals surface area contributed by atoms with E-state index >= 15 is 0 Å². The molecule has 0 spiro atoms. The monoisotopic (exact) mass is 455 g/mol. The van der Waals surface area contributed by atoms with E-state index < -0.39 is 0 Å². The van der Waals surface area contributed by atoms with E-state index in [9.17, 15) is 10.1 Å². The third-order valence-corrected chi connectivity index (χ3v) is 6.21. The molecule has 170 valence electrons. The second kappa shape index (κ2) is 8.23. The van der Waals surface area contributed by atoms with Crippen LogP contribution in [0.3, 0.4) is 0 Å². The van der Waals surface area contributed by atoms with Crippen molar-refractivity contribution < 1.29 is 9.34 Å². The van der Waals surface area contributed by atoms with Crippen molar-refractivity contribution in [2.75, 3.05) is 31.1 Å². The van der Waals surface area contributed by atoms with E-state index in [1.165, 1.54) is 6.07 Å². The lowest BCUT2D eigenvalue weighted by molar-refractivity contribution is -0.384. The van der Waals surface area contributed by atoms with Gasteiger partial charge in [0, 0.05) is 49.7 Å². The van der Waals surface area contributed by atoms with Crippen LogP contribution in [0.2, 0.25) is 0 Å². The molecule has 0 N–H and O–H groups in total. The molecule has 0 bridgehead atoms. The minimum Gasteiger partial charge on any atom is -0.472 e. The van der Waals surface area contributed by atoms with E-state index in [1.54, 1.807) is 30.7 Å². The van der Waals surface area contributed by atoms with Crippen LogP contribution in [0.15, 0.2) is 71.5 Å². The average Bonchev–Trinajstić information content (AvgIpc) is 3.54. The third-order valence-electron chi connectivity index (χ3n) is 6.21. The fourth-order valence-electron chi connectivity index (χ4n) is 4.52. The highest BCUT2D eigenvalue weighted by molar-refractivity contribution is 5.93. The Labute approximate surface area is 194 Å². The highest BCUT2D eigenvalue weighted by atomic mass is 16.6. The van der Waals surface area contributed by atoms with Gasteiger partial charge >= 0.3 is 0 Å². The number of furan rings is 1. The number of piperazine rings is 1. The molecular formula is C24H21N7O3. The Kier molecular flexibility index (Phi) is 4.92. The fraction of sp³-hybridized carbons (Fsp3) is 0.208. The van der Waals surface area contributed by atoms with E-state index in [4.69, 9.17) is 9.40 Å². The second-order valence-electron chi connectivity index (χ2n) is 8.28. The Morgan fingerprint density at radius 3 is 2.56 bits per heavy atom. The van der Waals surface area contributed by atoms with E-state index in [0.717, 1.165) is 49.2 Å². The maximum atomic E-state index is 11.7. The lowest BCUT2D eigenvalue weighted by Gasteiger charge is -2.35. The first kappa shape index (κ1) is 20.3. The number of nitrogens with zero attached hydrogens (tertiary/aromatic N) is 7. The first-order valence-electron chi connectivity index (χ1n) is 11.0. The predicted octanol–water partition coefficient (Wildman–Crippen LogP) is 3.77. The Balaban J connectivity index is 1.45. The summed E-state index contributed by atoms with van der Waals surface area (Å²) in [6.07, 6.45) is 3.47. The van der Waals surface area contributed by atoms with Crippen molar-refractivity contribution in [1.29, 1.82) is 0 Å². The topological polar surface area (TPSA) is 106 Å². The van der Waals surface area contributed by atoms with Gasteiger partial charge in [0.2, 0.25) is 5.95 Å². The van der Waals surface area contributed by atoms with Gasteiger partial charge in [0.15, 0.2) is 11.5 Å². The lowest BCUT2D eigenvalue weighted by Crippen LogP contribution is -2.46. The van der Waals surface area contributed by atoms with Crippen molar-refractivity contribution in [1.82, 2.24) is 24.5 Å². The number of rotatable bonds is 5. The summed E-state index contributed by atoms with van der Waals surface area (Å²) < 4.78 is 7.05. The number of anilines is 1. The van der Waals surface area contributed by atoms with Gasteiger partial charge in [-0.15, -0.1) is 10.2 Å². The van der Waals surface area contributed by atoms with Gasteiger partial charge in [0.25, 0.3) is 5.69 Å². The van der Waals surface area contributed by atoms with Crippen LogP contribution in [0.4, 0.5) is 11.6 Å². The molecule has 6 rings (SSSR count). The van der Waals surface area contributed by atoms with E-state index in [0.29, 0.717) is 23.0 Å². The van der Waals surface area contributed by atoms with Crippen LogP contribution in [-0.4, -0.2) is 55.6 Å². The Hall–Kier alpha value is -4.31. The van der Waals surface area contributed by atoms with E-state index in [1.807, 2.05) is 34.7 Å². The first-order chi connectivity index (χ1) is 16.7. The van der Waals surface area contributed by atoms with Crippen LogP contribution in [0.1, 0.15) is 5.56 Å². The van der Waals surface area contributed by atoms with Crippen LogP contribution in [0.5, 0.6) is 0 Å². The van der Waals surface area contributed by atoms with Gasteiger partial charge in [-0.3, -0.25) is 15.0 Å². The van der Waals surface area contributed by atoms with Crippen LogP contribution < -0.4 is 4.90 Å². The Morgan fingerprint density at radius 1 is 0.971 bits per heavy atom. The second-order valence-corrected chi connectivity index (χ2v) is 8.28. The largest absolute Gasteiger partial charge is 0.472 e. The van der Waals surface area contributed by atoms with Crippen molar-refractivity contribution in [2.45, 2.75) is 6.54 Å². The Morgan fingerprint density at radius 2 is 1.76 bits per heavy atom. The molecule has 0 radical (unpaired) electrons. The van der Waals surface area contributed by atoms with Crippen molar-refractivity contribution in [3.05, 3.63) is 82.8 Å². The molecule has 0 amide bonds. The maximum absolute atomic E-state index is 11.7. The summed E-state index contributed by atoms with van der Waals surface area (Å²) in [4.78, 5) is 20.9. The van der Waals surface area contributed by atoms with Crippen LogP contribution in [-0.2, 0) is 6.54 Å². The van der Waals surface area contributed by atoms with Crippen molar-refractivity contribution in [2.24, 2.45) is 0 Å². The zero-order valence-electron chi connectivity index (χ0n) is 18.2. The smallest absolute Gasteiger partial charge is 0.280 e. The van der Waals surface area contributed by atoms with Crippen LogP contribution in [0.25, 0.3) is 27.9 Å². The maximum Gasteiger partial charge on any atom is 0.280 e. The minimum absolute atomic E-state index is 0.0131. The number of para-hydroxylation sites is 2. The average molecular weight is 455 g/mol. The SMILES string of the molecule is O=[N+]([O-])c1ccccc1-c1nnc2c3ccccc3nc(N3CCN(Cc4ccoc4)CC3)n12. The standard InChI is InChI=1S/C24H21N7O3/c32-31(33)21-8-4-2-6-19(21)23-27-26-22-18-5-1-3-7-20(18)25-24(30(22)23)29-12-10-28(11-13-29)15-17-9-14-34-16-17/h1-9,14,16H,10-13,15H2. The number of hydrogen-bond acceptors (Lipinski definition) is 8. The molecule has 0 unspecified atom stereocenters. The Bertz CT molecular complexity index is 1490. The van der Waals surface area contributed by atoms with Crippen LogP contribution in [0, 0.1) is 10.1 Å². The van der Waals surface area contributed by atoms with Crippen LogP contribution >= 0.6 is 0 Å². The molecule has 1 saturated heterocycles. The van der Waals surface area contributed by atoms with Gasteiger partial charge in [-0.25, -0.2) is 9.38 Å². The summed E-state index contributed by atoms with van der Waals surface area (Å²) in [7, 11) is 0. The number of hydrogen-bond donors (Lipinski definition) is 0. The quantitative estimate of drug-likeness (QED) is 0.291. The van der Waals surface area contributed by atoms with Gasteiger partial charge in [-0.2, -0.15) is 0 Å². The molecule has 3 aromatic heterocycles. The molecule has 34 heavy (non-hydrogen) atoms. The molecule has 0 saturated carbocycles. The summed E-state index contributed by atoms with van der Waals surface area (Å²) in [6, 6.07) is 16.4. The zero-order chi connectivity index (χ0) is 23.1. The van der Waals surface area contributed by atoms with Gasteiger partial charge in [0.1, 0.15) is 0 Å². The third kappa shape index (κ3) is 3.44. The molecule has 5 aromatic rings. The van der Waals surface area contributed by atoms with Gasteiger partial charge in [0.05, 0.1) is 28.5 Å². The summed E-state index contributed by atoms with van der Waals surface area (Å²) in [6.45, 7) is 4.05. The molecule has 10 heteroatoms. The van der Waals surface area contributed by atoms with Crippen molar-refractivity contribution in [3.63, 3.8) is 0 Å². The van der Waals surface area contributed by atoms with Gasteiger partial charge in [-0.05, 0) is 24.3 Å². The molecule has 1 aliphatic heterocycles. The molecule has 0 atom stereocenters. The minimum atomic E-state index is -0.390. The highest BCUT2D eigenvalue weighted by Gasteiger charge is 2.26. The van der Waals surface area contributed by atoms with Gasteiger partial charge < -0.3 is 9.32 Å². The van der Waals surface area contributed by atoms with E-state index in [-0.39, 0.29) is 10.6 Å². The first-order valence-corrected chi connectivity index (χ1v) is 11.0. The number of fused-ring (bicyclic) bond motifs is 3. The predicted molar refractivity (Wildman–Crippen MR) is 127 cm³/mol. The summed E-state index contributed by atoms with van der Waals surface area (Å²) in [5.74, 6) is 1.10. The number of benzene rings is 2. The molecule has 4 heterocycles. The van der Waals surface area contributed by atoms with Crippen molar-refractivity contribution >= 4 is 28.2 Å². The lowest BCUT2D eigenvalue weighted by atomic mass is 10.1. The zero-order valence-corrected chi connectivity index (χ0v) is 18.2. The summed E-state index contributed by atoms with van der Waals surface area (Å²) in [5, 5.41) is 21.4.